The smallest absolute Gasteiger partial charge is 0.338 e. The Morgan fingerprint density at radius 2 is 1.85 bits per heavy atom. The van der Waals surface area contributed by atoms with Gasteiger partial charge in [0.25, 0.3) is 5.56 Å². The van der Waals surface area contributed by atoms with Gasteiger partial charge >= 0.3 is 5.97 Å². The van der Waals surface area contributed by atoms with Crippen molar-refractivity contribution in [2.45, 2.75) is 26.4 Å². The molecule has 6 rings (SSSR count). The van der Waals surface area contributed by atoms with E-state index in [-0.39, 0.29) is 12.2 Å². The van der Waals surface area contributed by atoms with Crippen molar-refractivity contribution in [1.29, 1.82) is 0 Å². The number of fused-ring (bicyclic) bond motifs is 3. The highest BCUT2D eigenvalue weighted by molar-refractivity contribution is 7.07. The lowest BCUT2D eigenvalue weighted by molar-refractivity contribution is -0.139. The van der Waals surface area contributed by atoms with E-state index in [2.05, 4.69) is 17.2 Å². The molecule has 0 spiro atoms. The number of carbonyl (C=O) groups excluding carboxylic acids is 1. The van der Waals surface area contributed by atoms with Gasteiger partial charge in [-0.15, -0.1) is 6.58 Å². The largest absolute Gasteiger partial charge is 0.496 e. The second kappa shape index (κ2) is 10.7. The lowest BCUT2D eigenvalue weighted by Crippen LogP contribution is -2.40. The van der Waals surface area contributed by atoms with E-state index in [0.717, 1.165) is 32.8 Å². The van der Waals surface area contributed by atoms with Crippen LogP contribution in [0.25, 0.3) is 27.8 Å². The number of allylic oxidation sites excluding steroid dienone is 2. The molecular formula is C33H29N3O4S. The number of methoxy groups -OCH3 is 1. The average molecular weight is 564 g/mol. The summed E-state index contributed by atoms with van der Waals surface area (Å²) in [6, 6.07) is 19.0. The fourth-order valence-corrected chi connectivity index (χ4v) is 6.66. The fraction of sp³-hybridized carbons (Fsp3) is 0.182. The highest BCUT2D eigenvalue weighted by atomic mass is 32.1. The zero-order chi connectivity index (χ0) is 28.7. The van der Waals surface area contributed by atoms with Crippen molar-refractivity contribution in [3.05, 3.63) is 122 Å². The predicted molar refractivity (Wildman–Crippen MR) is 163 cm³/mol. The van der Waals surface area contributed by atoms with Crippen LogP contribution in [0.15, 0.2) is 101 Å². The third-order valence-corrected chi connectivity index (χ3v) is 8.36. The van der Waals surface area contributed by atoms with E-state index in [1.807, 2.05) is 72.9 Å². The van der Waals surface area contributed by atoms with Crippen molar-refractivity contribution in [1.82, 2.24) is 9.13 Å². The average Bonchev–Trinajstić information content (AvgIpc) is 3.48. The van der Waals surface area contributed by atoms with Gasteiger partial charge in [0, 0.05) is 34.8 Å². The van der Waals surface area contributed by atoms with Gasteiger partial charge in [0.1, 0.15) is 11.8 Å². The molecule has 0 radical (unpaired) electrons. The van der Waals surface area contributed by atoms with Crippen molar-refractivity contribution in [3.8, 4) is 5.75 Å². The molecule has 1 aliphatic rings. The minimum Gasteiger partial charge on any atom is -0.496 e. The molecule has 0 N–H and O–H groups in total. The van der Waals surface area contributed by atoms with Gasteiger partial charge in [0.15, 0.2) is 4.80 Å². The first-order chi connectivity index (χ1) is 20.0. The maximum Gasteiger partial charge on any atom is 0.338 e. The zero-order valence-electron chi connectivity index (χ0n) is 23.1. The van der Waals surface area contributed by atoms with E-state index < -0.39 is 12.0 Å². The summed E-state index contributed by atoms with van der Waals surface area (Å²) < 4.78 is 15.6. The van der Waals surface area contributed by atoms with Crippen molar-refractivity contribution >= 4 is 45.1 Å². The molecule has 1 atom stereocenters. The number of rotatable bonds is 7. The summed E-state index contributed by atoms with van der Waals surface area (Å²) in [6.45, 7) is 8.29. The Hall–Kier alpha value is -4.69. The monoisotopic (exact) mass is 563 g/mol. The Bertz CT molecular complexity index is 2060. The summed E-state index contributed by atoms with van der Waals surface area (Å²) in [4.78, 5) is 33.0. The second-order valence-electron chi connectivity index (χ2n) is 9.75. The lowest BCUT2D eigenvalue weighted by Gasteiger charge is -2.27. The van der Waals surface area contributed by atoms with Crippen LogP contribution < -0.4 is 19.6 Å². The Morgan fingerprint density at radius 3 is 2.61 bits per heavy atom. The number of benzene rings is 3. The molecule has 0 fully saturated rings. The molecule has 0 aliphatic carbocycles. The molecule has 8 heteroatoms. The molecule has 206 valence electrons. The molecule has 0 bridgehead atoms. The number of aromatic nitrogens is 2. The van der Waals surface area contributed by atoms with Gasteiger partial charge in [-0.2, -0.15) is 0 Å². The Balaban J connectivity index is 1.66. The van der Waals surface area contributed by atoms with Crippen molar-refractivity contribution in [2.75, 3.05) is 13.7 Å². The number of esters is 1. The quantitative estimate of drug-likeness (QED) is 0.204. The highest BCUT2D eigenvalue weighted by Crippen LogP contribution is 2.40. The molecular weight excluding hydrogens is 534 g/mol. The van der Waals surface area contributed by atoms with Crippen LogP contribution in [0, 0.1) is 0 Å². The molecule has 0 amide bonds. The Kier molecular flexibility index (Phi) is 6.93. The van der Waals surface area contributed by atoms with Crippen LogP contribution in [-0.4, -0.2) is 28.8 Å². The first-order valence-electron chi connectivity index (χ1n) is 13.4. The predicted octanol–water partition coefficient (Wildman–Crippen LogP) is 5.10. The number of para-hydroxylation sites is 1. The van der Waals surface area contributed by atoms with Crippen LogP contribution in [0.3, 0.4) is 0 Å². The molecule has 7 nitrogen and oxygen atoms in total. The standard InChI is InChI=1S/C33H29N3O4S/c1-5-17-35-19-22(23-12-9-10-14-25(23)35)18-27-31(37)36-30(28(32(38)40-6-2)20(3)34-33(36)41-27)29-24-13-8-7-11-21(24)15-16-26(29)39-4/h5,7-16,18-19,30H,1,6,17H2,2-4H3/b27-18+/t30-/m1/s1. The van der Waals surface area contributed by atoms with Gasteiger partial charge in [0.2, 0.25) is 0 Å². The maximum atomic E-state index is 14.3. The topological polar surface area (TPSA) is 74.8 Å². The number of thiazole rings is 1. The van der Waals surface area contributed by atoms with E-state index in [1.54, 1.807) is 25.5 Å². The minimum absolute atomic E-state index is 0.203. The van der Waals surface area contributed by atoms with E-state index in [0.29, 0.717) is 32.9 Å². The number of carbonyl (C=O) groups is 1. The molecule has 0 saturated carbocycles. The van der Waals surface area contributed by atoms with E-state index >= 15 is 0 Å². The summed E-state index contributed by atoms with van der Waals surface area (Å²) in [5, 5.41) is 2.89. The van der Waals surface area contributed by atoms with Gasteiger partial charge in [-0.3, -0.25) is 9.36 Å². The molecule has 1 aliphatic heterocycles. The minimum atomic E-state index is -0.782. The van der Waals surface area contributed by atoms with Crippen molar-refractivity contribution in [2.24, 2.45) is 4.99 Å². The first kappa shape index (κ1) is 26.5. The summed E-state index contributed by atoms with van der Waals surface area (Å²) in [5.74, 6) is 0.0720. The van der Waals surface area contributed by atoms with Crippen LogP contribution in [-0.2, 0) is 16.1 Å². The SMILES string of the molecule is C=CCn1cc(/C=c2/sc3n(c2=O)[C@@H](c2c(OC)ccc4ccccc24)C(C(=O)OCC)=C(C)N=3)c2ccccc21. The Labute approximate surface area is 240 Å². The highest BCUT2D eigenvalue weighted by Gasteiger charge is 2.36. The number of ether oxygens (including phenoxy) is 2. The molecule has 0 saturated heterocycles. The number of hydrogen-bond donors (Lipinski definition) is 0. The van der Waals surface area contributed by atoms with Gasteiger partial charge in [-0.05, 0) is 42.8 Å². The second-order valence-corrected chi connectivity index (χ2v) is 10.8. The van der Waals surface area contributed by atoms with E-state index in [4.69, 9.17) is 14.5 Å². The van der Waals surface area contributed by atoms with Gasteiger partial charge in [-0.25, -0.2) is 9.79 Å². The van der Waals surface area contributed by atoms with Crippen LogP contribution in [0.2, 0.25) is 0 Å². The third kappa shape index (κ3) is 4.40. The molecule has 3 aromatic carbocycles. The van der Waals surface area contributed by atoms with Gasteiger partial charge in [-0.1, -0.05) is 65.9 Å². The van der Waals surface area contributed by atoms with Crippen molar-refractivity contribution in [3.63, 3.8) is 0 Å². The van der Waals surface area contributed by atoms with Crippen LogP contribution in [0.1, 0.15) is 31.0 Å². The van der Waals surface area contributed by atoms with E-state index in [1.165, 1.54) is 11.3 Å². The van der Waals surface area contributed by atoms with Crippen LogP contribution >= 0.6 is 11.3 Å². The van der Waals surface area contributed by atoms with E-state index in [9.17, 15) is 9.59 Å². The van der Waals surface area contributed by atoms with Crippen LogP contribution in [0.4, 0.5) is 0 Å². The normalized spacial score (nSPS) is 15.2. The third-order valence-electron chi connectivity index (χ3n) is 7.37. The summed E-state index contributed by atoms with van der Waals surface area (Å²) in [6.07, 6.45) is 5.79. The molecule has 5 aromatic rings. The summed E-state index contributed by atoms with van der Waals surface area (Å²) >= 11 is 1.31. The number of hydrogen-bond acceptors (Lipinski definition) is 6. The van der Waals surface area contributed by atoms with Crippen molar-refractivity contribution < 1.29 is 14.3 Å². The first-order valence-corrected chi connectivity index (χ1v) is 14.2. The van der Waals surface area contributed by atoms with Gasteiger partial charge in [0.05, 0.1) is 29.5 Å². The Morgan fingerprint density at radius 1 is 1.10 bits per heavy atom. The molecule has 41 heavy (non-hydrogen) atoms. The maximum absolute atomic E-state index is 14.3. The fourth-order valence-electron chi connectivity index (χ4n) is 5.62. The zero-order valence-corrected chi connectivity index (χ0v) is 23.9. The molecule has 0 unspecified atom stereocenters. The van der Waals surface area contributed by atoms with Crippen LogP contribution in [0.5, 0.6) is 5.75 Å². The van der Waals surface area contributed by atoms with Gasteiger partial charge < -0.3 is 14.0 Å². The molecule has 2 aromatic heterocycles. The summed E-state index contributed by atoms with van der Waals surface area (Å²) in [7, 11) is 1.59. The summed E-state index contributed by atoms with van der Waals surface area (Å²) in [5.41, 5.74) is 3.31. The molecule has 3 heterocycles. The lowest BCUT2D eigenvalue weighted by atomic mass is 9.90. The number of nitrogens with zero attached hydrogens (tertiary/aromatic N) is 3.